The number of aryl methyl sites for hydroxylation is 1. The number of nitrogens with zero attached hydrogens (tertiary/aromatic N) is 1. The average molecular weight is 499 g/mol. The Morgan fingerprint density at radius 3 is 2.53 bits per heavy atom. The SMILES string of the molecule is Cc1ccc(CNC(=O)C2CCN(CCC(=O)NC(=O)Nc3ccc4c(c3)OCCO4)CC2)cc1F. The first-order chi connectivity index (χ1) is 17.4. The number of ether oxygens (including phenoxy) is 2. The summed E-state index contributed by atoms with van der Waals surface area (Å²) in [6.45, 7) is 4.80. The van der Waals surface area contributed by atoms with Gasteiger partial charge in [-0.05, 0) is 62.2 Å². The zero-order valence-corrected chi connectivity index (χ0v) is 20.3. The Hall–Kier alpha value is -3.66. The fraction of sp³-hybridized carbons (Fsp3) is 0.423. The summed E-state index contributed by atoms with van der Waals surface area (Å²) in [5.74, 6) is 0.360. The van der Waals surface area contributed by atoms with Gasteiger partial charge in [-0.1, -0.05) is 12.1 Å². The van der Waals surface area contributed by atoms with Crippen molar-refractivity contribution in [2.45, 2.75) is 32.7 Å². The summed E-state index contributed by atoms with van der Waals surface area (Å²) in [5.41, 5.74) is 1.80. The van der Waals surface area contributed by atoms with Crippen LogP contribution in [0.5, 0.6) is 11.5 Å². The van der Waals surface area contributed by atoms with E-state index >= 15 is 0 Å². The molecule has 10 heteroatoms. The van der Waals surface area contributed by atoms with E-state index < -0.39 is 6.03 Å². The normalized spacial score (nSPS) is 15.7. The topological polar surface area (TPSA) is 109 Å². The number of hydrogen-bond acceptors (Lipinski definition) is 6. The second-order valence-corrected chi connectivity index (χ2v) is 9.03. The monoisotopic (exact) mass is 498 g/mol. The van der Waals surface area contributed by atoms with Gasteiger partial charge in [0.05, 0.1) is 0 Å². The zero-order chi connectivity index (χ0) is 25.5. The molecule has 0 radical (unpaired) electrons. The maximum Gasteiger partial charge on any atom is 0.325 e. The van der Waals surface area contributed by atoms with E-state index in [1.165, 1.54) is 6.07 Å². The van der Waals surface area contributed by atoms with Crippen LogP contribution in [-0.2, 0) is 16.1 Å². The van der Waals surface area contributed by atoms with Crippen molar-refractivity contribution in [3.8, 4) is 11.5 Å². The third kappa shape index (κ3) is 6.94. The van der Waals surface area contributed by atoms with Gasteiger partial charge in [0.25, 0.3) is 0 Å². The number of rotatable bonds is 7. The number of amides is 4. The van der Waals surface area contributed by atoms with E-state index in [1.807, 2.05) is 6.07 Å². The summed E-state index contributed by atoms with van der Waals surface area (Å²) in [6.07, 6.45) is 1.53. The van der Waals surface area contributed by atoms with Gasteiger partial charge in [-0.25, -0.2) is 9.18 Å². The van der Waals surface area contributed by atoms with Gasteiger partial charge in [-0.2, -0.15) is 0 Å². The van der Waals surface area contributed by atoms with Crippen molar-refractivity contribution in [1.29, 1.82) is 0 Å². The molecule has 0 aliphatic carbocycles. The van der Waals surface area contributed by atoms with Gasteiger partial charge < -0.3 is 25.0 Å². The number of imide groups is 1. The first kappa shape index (κ1) is 25.4. The maximum absolute atomic E-state index is 13.7. The molecular weight excluding hydrogens is 467 g/mol. The highest BCUT2D eigenvalue weighted by atomic mass is 19.1. The highest BCUT2D eigenvalue weighted by Gasteiger charge is 2.25. The maximum atomic E-state index is 13.7. The Labute approximate surface area is 209 Å². The first-order valence-electron chi connectivity index (χ1n) is 12.1. The van der Waals surface area contributed by atoms with Crippen LogP contribution in [0.3, 0.4) is 0 Å². The lowest BCUT2D eigenvalue weighted by molar-refractivity contribution is -0.127. The number of urea groups is 1. The van der Waals surface area contributed by atoms with Gasteiger partial charge >= 0.3 is 6.03 Å². The summed E-state index contributed by atoms with van der Waals surface area (Å²) in [7, 11) is 0. The summed E-state index contributed by atoms with van der Waals surface area (Å²) in [4.78, 5) is 39.0. The highest BCUT2D eigenvalue weighted by molar-refractivity contribution is 6.01. The van der Waals surface area contributed by atoms with Crippen molar-refractivity contribution in [3.63, 3.8) is 0 Å². The molecule has 2 aliphatic heterocycles. The largest absolute Gasteiger partial charge is 0.486 e. The van der Waals surface area contributed by atoms with E-state index in [-0.39, 0.29) is 30.0 Å². The molecule has 2 aromatic rings. The molecule has 1 saturated heterocycles. The molecule has 3 N–H and O–H groups in total. The summed E-state index contributed by atoms with van der Waals surface area (Å²) < 4.78 is 24.6. The average Bonchev–Trinajstić information content (AvgIpc) is 2.88. The van der Waals surface area contributed by atoms with Crippen molar-refractivity contribution in [1.82, 2.24) is 15.5 Å². The minimum absolute atomic E-state index is 0.0378. The van der Waals surface area contributed by atoms with Crippen LogP contribution in [-0.4, -0.2) is 55.6 Å². The predicted octanol–water partition coefficient (Wildman–Crippen LogP) is 2.97. The number of benzene rings is 2. The summed E-state index contributed by atoms with van der Waals surface area (Å²) in [6, 6.07) is 9.38. The van der Waals surface area contributed by atoms with E-state index in [0.29, 0.717) is 75.0 Å². The Morgan fingerprint density at radius 1 is 1.03 bits per heavy atom. The van der Waals surface area contributed by atoms with Crippen LogP contribution in [0.25, 0.3) is 0 Å². The molecule has 0 saturated carbocycles. The van der Waals surface area contributed by atoms with E-state index in [0.717, 1.165) is 5.56 Å². The van der Waals surface area contributed by atoms with Crippen LogP contribution in [0.4, 0.5) is 14.9 Å². The Balaban J connectivity index is 1.13. The molecule has 2 aliphatic rings. The number of hydrogen-bond donors (Lipinski definition) is 3. The lowest BCUT2D eigenvalue weighted by Gasteiger charge is -2.31. The van der Waals surface area contributed by atoms with E-state index in [2.05, 4.69) is 20.9 Å². The van der Waals surface area contributed by atoms with Crippen LogP contribution < -0.4 is 25.4 Å². The molecule has 0 aromatic heterocycles. The third-order valence-electron chi connectivity index (χ3n) is 6.37. The number of carbonyl (C=O) groups excluding carboxylic acids is 3. The Kier molecular flexibility index (Phi) is 8.37. The summed E-state index contributed by atoms with van der Waals surface area (Å²) in [5, 5.41) is 7.85. The zero-order valence-electron chi connectivity index (χ0n) is 20.3. The molecule has 0 spiro atoms. The van der Waals surface area contributed by atoms with E-state index in [4.69, 9.17) is 9.47 Å². The van der Waals surface area contributed by atoms with Crippen LogP contribution in [0.1, 0.15) is 30.4 Å². The number of anilines is 1. The second-order valence-electron chi connectivity index (χ2n) is 9.03. The molecular formula is C26H31FN4O5. The van der Waals surface area contributed by atoms with Gasteiger partial charge in [-0.3, -0.25) is 14.9 Å². The molecule has 0 unspecified atom stereocenters. The Morgan fingerprint density at radius 2 is 1.78 bits per heavy atom. The number of nitrogens with one attached hydrogen (secondary N) is 3. The van der Waals surface area contributed by atoms with Gasteiger partial charge in [0.15, 0.2) is 11.5 Å². The van der Waals surface area contributed by atoms with Gasteiger partial charge in [0, 0.05) is 37.2 Å². The van der Waals surface area contributed by atoms with Crippen molar-refractivity contribution >= 4 is 23.5 Å². The molecule has 4 amide bonds. The lowest BCUT2D eigenvalue weighted by Crippen LogP contribution is -2.42. The van der Waals surface area contributed by atoms with Crippen LogP contribution in [0.2, 0.25) is 0 Å². The first-order valence-corrected chi connectivity index (χ1v) is 12.1. The standard InChI is InChI=1S/C26H31FN4O5/c1-17-2-3-18(14-21(17)27)16-28-25(33)19-6-9-31(10-7-19)11-8-24(32)30-26(34)29-20-4-5-22-23(15-20)36-13-12-35-22/h2-5,14-15,19H,6-13,16H2,1H3,(H,28,33)(H2,29,30,32,34). The van der Waals surface area contributed by atoms with Crippen molar-refractivity contribution in [3.05, 3.63) is 53.3 Å². The molecule has 0 atom stereocenters. The lowest BCUT2D eigenvalue weighted by atomic mass is 9.95. The molecule has 2 aromatic carbocycles. The third-order valence-corrected chi connectivity index (χ3v) is 6.37. The minimum atomic E-state index is -0.611. The molecule has 0 bridgehead atoms. The smallest absolute Gasteiger partial charge is 0.325 e. The number of fused-ring (bicyclic) bond motifs is 1. The van der Waals surface area contributed by atoms with Gasteiger partial charge in [0.1, 0.15) is 19.0 Å². The molecule has 36 heavy (non-hydrogen) atoms. The number of piperidine rings is 1. The Bertz CT molecular complexity index is 1120. The molecule has 4 rings (SSSR count). The molecule has 1 fully saturated rings. The van der Waals surface area contributed by atoms with Crippen LogP contribution in [0, 0.1) is 18.7 Å². The van der Waals surface area contributed by atoms with Crippen molar-refractivity contribution in [2.24, 2.45) is 5.92 Å². The van der Waals surface area contributed by atoms with Gasteiger partial charge in [0.2, 0.25) is 11.8 Å². The molecule has 9 nitrogen and oxygen atoms in total. The van der Waals surface area contributed by atoms with E-state index in [9.17, 15) is 18.8 Å². The quantitative estimate of drug-likeness (QED) is 0.542. The fourth-order valence-corrected chi connectivity index (χ4v) is 4.23. The highest BCUT2D eigenvalue weighted by Crippen LogP contribution is 2.32. The predicted molar refractivity (Wildman–Crippen MR) is 131 cm³/mol. The van der Waals surface area contributed by atoms with Crippen molar-refractivity contribution < 1.29 is 28.2 Å². The molecule has 2 heterocycles. The number of likely N-dealkylation sites (tertiary alicyclic amines) is 1. The second kappa shape index (κ2) is 11.9. The number of carbonyl (C=O) groups is 3. The van der Waals surface area contributed by atoms with Crippen molar-refractivity contribution in [2.75, 3.05) is 38.2 Å². The fourth-order valence-electron chi connectivity index (χ4n) is 4.23. The van der Waals surface area contributed by atoms with Crippen LogP contribution >= 0.6 is 0 Å². The van der Waals surface area contributed by atoms with Gasteiger partial charge in [-0.15, -0.1) is 0 Å². The van der Waals surface area contributed by atoms with Crippen LogP contribution in [0.15, 0.2) is 36.4 Å². The minimum Gasteiger partial charge on any atom is -0.486 e. The summed E-state index contributed by atoms with van der Waals surface area (Å²) >= 11 is 0. The van der Waals surface area contributed by atoms with E-state index in [1.54, 1.807) is 31.2 Å². The number of halogens is 1. The molecule has 192 valence electrons.